The molecule has 1 N–H and O–H groups in total. The van der Waals surface area contributed by atoms with Crippen LogP contribution in [0.1, 0.15) is 18.1 Å². The van der Waals surface area contributed by atoms with Crippen LogP contribution in [0.3, 0.4) is 0 Å². The number of nitrogens with zero attached hydrogens (tertiary/aromatic N) is 4. The molecule has 3 aromatic rings. The molecule has 0 bridgehead atoms. The molecule has 0 aliphatic carbocycles. The van der Waals surface area contributed by atoms with Gasteiger partial charge in [0.25, 0.3) is 0 Å². The molecule has 7 nitrogen and oxygen atoms in total. The fourth-order valence-electron chi connectivity index (χ4n) is 3.81. The summed E-state index contributed by atoms with van der Waals surface area (Å²) in [6.07, 6.45) is 1.79. The summed E-state index contributed by atoms with van der Waals surface area (Å²) in [5.74, 6) is 2.07. The van der Waals surface area contributed by atoms with Crippen LogP contribution in [0, 0.1) is 0 Å². The highest BCUT2D eigenvalue weighted by atomic mass is 16.5. The summed E-state index contributed by atoms with van der Waals surface area (Å²) in [4.78, 5) is 25.8. The third-order valence-electron chi connectivity index (χ3n) is 5.46. The molecule has 1 aliphatic heterocycles. The minimum absolute atomic E-state index is 0.105. The second kappa shape index (κ2) is 10.7. The number of benzene rings is 2. The number of piperazine rings is 1. The Morgan fingerprint density at radius 3 is 2.44 bits per heavy atom. The van der Waals surface area contributed by atoms with Crippen LogP contribution in [0.25, 0.3) is 0 Å². The lowest BCUT2D eigenvalue weighted by molar-refractivity contribution is -0.115. The Kier molecular flexibility index (Phi) is 7.30. The molecule has 32 heavy (non-hydrogen) atoms. The first-order chi connectivity index (χ1) is 15.7. The van der Waals surface area contributed by atoms with Crippen molar-refractivity contribution in [1.29, 1.82) is 0 Å². The van der Waals surface area contributed by atoms with Gasteiger partial charge in [-0.15, -0.1) is 0 Å². The zero-order valence-corrected chi connectivity index (χ0v) is 18.4. The van der Waals surface area contributed by atoms with Crippen LogP contribution in [0.2, 0.25) is 0 Å². The van der Waals surface area contributed by atoms with Crippen LogP contribution < -0.4 is 15.0 Å². The molecule has 0 atom stereocenters. The molecule has 4 rings (SSSR count). The molecule has 166 valence electrons. The molecule has 1 fully saturated rings. The zero-order chi connectivity index (χ0) is 22.2. The molecule has 1 amide bonds. The van der Waals surface area contributed by atoms with E-state index < -0.39 is 0 Å². The smallest absolute Gasteiger partial charge is 0.229 e. The van der Waals surface area contributed by atoms with Gasteiger partial charge in [-0.25, -0.2) is 9.97 Å². The topological polar surface area (TPSA) is 70.6 Å². The predicted octanol–water partition coefficient (Wildman–Crippen LogP) is 3.38. The SMILES string of the molecule is CCOc1ccc(CC(=O)Nc2cc(N3CCN(Cc4ccccc4)CC3)ncn2)cc1. The number of carbonyl (C=O) groups is 1. The van der Waals surface area contributed by atoms with E-state index in [4.69, 9.17) is 4.74 Å². The fourth-order valence-corrected chi connectivity index (χ4v) is 3.81. The molecule has 1 saturated heterocycles. The second-order valence-corrected chi connectivity index (χ2v) is 7.81. The summed E-state index contributed by atoms with van der Waals surface area (Å²) in [6, 6.07) is 20.0. The first kappa shape index (κ1) is 21.8. The summed E-state index contributed by atoms with van der Waals surface area (Å²) >= 11 is 0. The first-order valence-corrected chi connectivity index (χ1v) is 11.0. The number of carbonyl (C=O) groups excluding carboxylic acids is 1. The maximum atomic E-state index is 12.5. The normalized spacial score (nSPS) is 14.2. The number of anilines is 2. The highest BCUT2D eigenvalue weighted by Gasteiger charge is 2.19. The summed E-state index contributed by atoms with van der Waals surface area (Å²) in [7, 11) is 0. The quantitative estimate of drug-likeness (QED) is 0.590. The van der Waals surface area contributed by atoms with Gasteiger partial charge in [-0.3, -0.25) is 9.69 Å². The van der Waals surface area contributed by atoms with Gasteiger partial charge in [0.05, 0.1) is 13.0 Å². The lowest BCUT2D eigenvalue weighted by atomic mass is 10.1. The van der Waals surface area contributed by atoms with Crippen molar-refractivity contribution in [3.05, 3.63) is 78.1 Å². The van der Waals surface area contributed by atoms with E-state index in [0.717, 1.165) is 49.9 Å². The number of hydrogen-bond acceptors (Lipinski definition) is 6. The number of ether oxygens (including phenoxy) is 1. The molecule has 1 aromatic heterocycles. The van der Waals surface area contributed by atoms with E-state index in [9.17, 15) is 4.79 Å². The summed E-state index contributed by atoms with van der Waals surface area (Å²) in [5.41, 5.74) is 2.26. The Bertz CT molecular complexity index is 1000. The molecule has 2 heterocycles. The average Bonchev–Trinajstić information content (AvgIpc) is 2.82. The molecule has 2 aromatic carbocycles. The van der Waals surface area contributed by atoms with E-state index in [2.05, 4.69) is 49.4 Å². The van der Waals surface area contributed by atoms with Gasteiger partial charge in [0.2, 0.25) is 5.91 Å². The van der Waals surface area contributed by atoms with Gasteiger partial charge in [-0.1, -0.05) is 42.5 Å². The van der Waals surface area contributed by atoms with Crippen LogP contribution in [-0.2, 0) is 17.8 Å². The lowest BCUT2D eigenvalue weighted by Gasteiger charge is -2.35. The second-order valence-electron chi connectivity index (χ2n) is 7.81. The van der Waals surface area contributed by atoms with Gasteiger partial charge in [0.1, 0.15) is 23.7 Å². The Balaban J connectivity index is 1.29. The molecule has 0 saturated carbocycles. The van der Waals surface area contributed by atoms with Crippen LogP contribution in [0.5, 0.6) is 5.75 Å². The predicted molar refractivity (Wildman–Crippen MR) is 126 cm³/mol. The molecule has 0 radical (unpaired) electrons. The third kappa shape index (κ3) is 6.04. The minimum Gasteiger partial charge on any atom is -0.494 e. The van der Waals surface area contributed by atoms with E-state index >= 15 is 0 Å². The van der Waals surface area contributed by atoms with Crippen LogP contribution in [-0.4, -0.2) is 53.6 Å². The Hall–Kier alpha value is -3.45. The van der Waals surface area contributed by atoms with Crippen molar-refractivity contribution >= 4 is 17.5 Å². The van der Waals surface area contributed by atoms with Gasteiger partial charge >= 0.3 is 0 Å². The van der Waals surface area contributed by atoms with Crippen LogP contribution in [0.15, 0.2) is 67.0 Å². The van der Waals surface area contributed by atoms with E-state index in [-0.39, 0.29) is 12.3 Å². The maximum Gasteiger partial charge on any atom is 0.229 e. The van der Waals surface area contributed by atoms with E-state index in [1.807, 2.05) is 43.3 Å². The monoisotopic (exact) mass is 431 g/mol. The van der Waals surface area contributed by atoms with Crippen molar-refractivity contribution in [3.8, 4) is 5.75 Å². The third-order valence-corrected chi connectivity index (χ3v) is 5.46. The van der Waals surface area contributed by atoms with Gasteiger partial charge in [0, 0.05) is 38.8 Å². The number of aromatic nitrogens is 2. The first-order valence-electron chi connectivity index (χ1n) is 11.0. The standard InChI is InChI=1S/C25H29N5O2/c1-2-32-22-10-8-20(9-11-22)16-25(31)28-23-17-24(27-19-26-23)30-14-12-29(13-15-30)18-21-6-4-3-5-7-21/h3-11,17,19H,2,12-16,18H2,1H3,(H,26,27,28,31). The number of hydrogen-bond donors (Lipinski definition) is 1. The van der Waals surface area contributed by atoms with Gasteiger partial charge in [-0.05, 0) is 30.2 Å². The van der Waals surface area contributed by atoms with Crippen molar-refractivity contribution in [3.63, 3.8) is 0 Å². The Morgan fingerprint density at radius 1 is 0.969 bits per heavy atom. The molecular weight excluding hydrogens is 402 g/mol. The molecule has 0 unspecified atom stereocenters. The molecular formula is C25H29N5O2. The van der Waals surface area contributed by atoms with Crippen LogP contribution in [0.4, 0.5) is 11.6 Å². The van der Waals surface area contributed by atoms with E-state index in [1.165, 1.54) is 11.9 Å². The summed E-state index contributed by atoms with van der Waals surface area (Å²) in [6.45, 7) is 7.26. The van der Waals surface area contributed by atoms with E-state index in [1.54, 1.807) is 0 Å². The van der Waals surface area contributed by atoms with Crippen molar-refractivity contribution < 1.29 is 9.53 Å². The fraction of sp³-hybridized carbons (Fsp3) is 0.320. The van der Waals surface area contributed by atoms with Crippen molar-refractivity contribution in [2.24, 2.45) is 0 Å². The average molecular weight is 432 g/mol. The van der Waals surface area contributed by atoms with Crippen molar-refractivity contribution in [2.45, 2.75) is 19.9 Å². The molecule has 7 heteroatoms. The largest absolute Gasteiger partial charge is 0.494 e. The number of amides is 1. The number of rotatable bonds is 8. The Morgan fingerprint density at radius 2 is 1.72 bits per heavy atom. The van der Waals surface area contributed by atoms with E-state index in [0.29, 0.717) is 12.4 Å². The number of nitrogens with one attached hydrogen (secondary N) is 1. The van der Waals surface area contributed by atoms with Crippen molar-refractivity contribution in [1.82, 2.24) is 14.9 Å². The van der Waals surface area contributed by atoms with Gasteiger partial charge in [-0.2, -0.15) is 0 Å². The molecule has 0 spiro atoms. The molecule has 1 aliphatic rings. The summed E-state index contributed by atoms with van der Waals surface area (Å²) < 4.78 is 5.44. The zero-order valence-electron chi connectivity index (χ0n) is 18.4. The highest BCUT2D eigenvalue weighted by molar-refractivity contribution is 5.91. The lowest BCUT2D eigenvalue weighted by Crippen LogP contribution is -2.46. The van der Waals surface area contributed by atoms with Crippen molar-refractivity contribution in [2.75, 3.05) is 43.0 Å². The van der Waals surface area contributed by atoms with Gasteiger partial charge in [0.15, 0.2) is 0 Å². The Labute approximate surface area is 189 Å². The van der Waals surface area contributed by atoms with Crippen LogP contribution >= 0.6 is 0 Å². The maximum absolute atomic E-state index is 12.5. The van der Waals surface area contributed by atoms with Gasteiger partial charge < -0.3 is 15.0 Å². The summed E-state index contributed by atoms with van der Waals surface area (Å²) in [5, 5.41) is 2.89. The minimum atomic E-state index is -0.105. The highest BCUT2D eigenvalue weighted by Crippen LogP contribution is 2.18.